The number of aryl methyl sites for hydroxylation is 1. The SMILES string of the molecule is COc1ccc(-c2cc(Cn3cc(-c4ccc(C)cc4)nn3)on2)cc1OC. The van der Waals surface area contributed by atoms with Crippen LogP contribution in [0.3, 0.4) is 0 Å². The number of aromatic nitrogens is 4. The zero-order valence-corrected chi connectivity index (χ0v) is 15.9. The Morgan fingerprint density at radius 2 is 1.64 bits per heavy atom. The number of methoxy groups -OCH3 is 2. The van der Waals surface area contributed by atoms with Crippen LogP contribution >= 0.6 is 0 Å². The molecule has 0 N–H and O–H groups in total. The lowest BCUT2D eigenvalue weighted by atomic mass is 10.1. The lowest BCUT2D eigenvalue weighted by Crippen LogP contribution is -1.98. The summed E-state index contributed by atoms with van der Waals surface area (Å²) < 4.78 is 17.8. The maximum absolute atomic E-state index is 5.47. The van der Waals surface area contributed by atoms with Crippen LogP contribution in [-0.4, -0.2) is 34.4 Å². The Balaban J connectivity index is 1.52. The molecule has 0 unspecified atom stereocenters. The fourth-order valence-corrected chi connectivity index (χ4v) is 2.91. The first kappa shape index (κ1) is 17.8. The van der Waals surface area contributed by atoms with Gasteiger partial charge < -0.3 is 14.0 Å². The molecule has 28 heavy (non-hydrogen) atoms. The summed E-state index contributed by atoms with van der Waals surface area (Å²) in [5.41, 5.74) is 4.65. The van der Waals surface area contributed by atoms with E-state index in [4.69, 9.17) is 14.0 Å². The Morgan fingerprint density at radius 1 is 0.893 bits per heavy atom. The van der Waals surface area contributed by atoms with Gasteiger partial charge in [0.1, 0.15) is 17.9 Å². The zero-order chi connectivity index (χ0) is 19.5. The molecular weight excluding hydrogens is 356 g/mol. The third-order valence-corrected chi connectivity index (χ3v) is 4.44. The Hall–Kier alpha value is -3.61. The van der Waals surface area contributed by atoms with Crippen LogP contribution in [0.5, 0.6) is 11.5 Å². The van der Waals surface area contributed by atoms with E-state index in [2.05, 4.69) is 34.5 Å². The predicted octanol–water partition coefficient (Wildman–Crippen LogP) is 3.97. The first-order chi connectivity index (χ1) is 13.7. The van der Waals surface area contributed by atoms with Gasteiger partial charge in [0.15, 0.2) is 17.3 Å². The van der Waals surface area contributed by atoms with Crippen molar-refractivity contribution >= 4 is 0 Å². The Kier molecular flexibility index (Phi) is 4.80. The van der Waals surface area contributed by atoms with E-state index in [-0.39, 0.29) is 0 Å². The van der Waals surface area contributed by atoms with Gasteiger partial charge in [-0.3, -0.25) is 0 Å². The maximum Gasteiger partial charge on any atom is 0.161 e. The molecule has 0 saturated carbocycles. The van der Waals surface area contributed by atoms with Crippen molar-refractivity contribution in [1.82, 2.24) is 20.2 Å². The second-order valence-electron chi connectivity index (χ2n) is 6.42. The van der Waals surface area contributed by atoms with Crippen LogP contribution in [0, 0.1) is 6.92 Å². The van der Waals surface area contributed by atoms with E-state index < -0.39 is 0 Å². The molecule has 0 atom stereocenters. The van der Waals surface area contributed by atoms with Crippen molar-refractivity contribution in [1.29, 1.82) is 0 Å². The number of benzene rings is 2. The number of hydrogen-bond donors (Lipinski definition) is 0. The molecule has 7 nitrogen and oxygen atoms in total. The quantitative estimate of drug-likeness (QED) is 0.507. The molecule has 0 aliphatic heterocycles. The molecular formula is C21H20N4O3. The van der Waals surface area contributed by atoms with Crippen molar-refractivity contribution < 1.29 is 14.0 Å². The van der Waals surface area contributed by atoms with Crippen LogP contribution in [0.15, 0.2) is 59.3 Å². The van der Waals surface area contributed by atoms with Gasteiger partial charge in [0.05, 0.1) is 20.4 Å². The van der Waals surface area contributed by atoms with E-state index in [0.29, 0.717) is 23.8 Å². The summed E-state index contributed by atoms with van der Waals surface area (Å²) in [6.07, 6.45) is 1.89. The molecule has 142 valence electrons. The van der Waals surface area contributed by atoms with E-state index in [1.165, 1.54) is 5.56 Å². The van der Waals surface area contributed by atoms with E-state index in [1.54, 1.807) is 18.9 Å². The average Bonchev–Trinajstić information content (AvgIpc) is 3.38. The highest BCUT2D eigenvalue weighted by atomic mass is 16.5. The molecule has 0 aliphatic rings. The fraction of sp³-hybridized carbons (Fsp3) is 0.190. The second-order valence-corrected chi connectivity index (χ2v) is 6.42. The van der Waals surface area contributed by atoms with Gasteiger partial charge in [-0.25, -0.2) is 4.68 Å². The number of nitrogens with zero attached hydrogens (tertiary/aromatic N) is 4. The van der Waals surface area contributed by atoms with Crippen molar-refractivity contribution in [3.8, 4) is 34.0 Å². The minimum Gasteiger partial charge on any atom is -0.493 e. The molecule has 2 heterocycles. The van der Waals surface area contributed by atoms with Crippen molar-refractivity contribution in [3.63, 3.8) is 0 Å². The lowest BCUT2D eigenvalue weighted by molar-refractivity contribution is 0.355. The molecule has 0 saturated heterocycles. The van der Waals surface area contributed by atoms with E-state index in [9.17, 15) is 0 Å². The summed E-state index contributed by atoms with van der Waals surface area (Å²) in [6, 6.07) is 15.7. The van der Waals surface area contributed by atoms with Gasteiger partial charge >= 0.3 is 0 Å². The summed E-state index contributed by atoms with van der Waals surface area (Å²) in [5.74, 6) is 2.00. The third-order valence-electron chi connectivity index (χ3n) is 4.44. The fourth-order valence-electron chi connectivity index (χ4n) is 2.91. The smallest absolute Gasteiger partial charge is 0.161 e. The molecule has 2 aromatic carbocycles. The normalized spacial score (nSPS) is 10.8. The van der Waals surface area contributed by atoms with Gasteiger partial charge in [0, 0.05) is 17.2 Å². The molecule has 0 fully saturated rings. The zero-order valence-electron chi connectivity index (χ0n) is 15.9. The molecule has 4 rings (SSSR count). The number of rotatable bonds is 6. The van der Waals surface area contributed by atoms with Crippen molar-refractivity contribution in [2.45, 2.75) is 13.5 Å². The van der Waals surface area contributed by atoms with Gasteiger partial charge in [-0.1, -0.05) is 40.2 Å². The van der Waals surface area contributed by atoms with Crippen molar-refractivity contribution in [3.05, 3.63) is 66.1 Å². The summed E-state index contributed by atoms with van der Waals surface area (Å²) >= 11 is 0. The maximum atomic E-state index is 5.47. The average molecular weight is 376 g/mol. The number of ether oxygens (including phenoxy) is 2. The van der Waals surface area contributed by atoms with Gasteiger partial charge in [-0.2, -0.15) is 0 Å². The Labute approximate surface area is 162 Å². The molecule has 0 bridgehead atoms. The van der Waals surface area contributed by atoms with E-state index in [1.807, 2.05) is 42.6 Å². The molecule has 2 aromatic heterocycles. The molecule has 0 spiro atoms. The monoisotopic (exact) mass is 376 g/mol. The first-order valence-electron chi connectivity index (χ1n) is 8.81. The molecule has 4 aromatic rings. The highest BCUT2D eigenvalue weighted by molar-refractivity contribution is 5.64. The van der Waals surface area contributed by atoms with Gasteiger partial charge in [0.25, 0.3) is 0 Å². The third kappa shape index (κ3) is 3.59. The molecule has 0 radical (unpaired) electrons. The molecule has 0 amide bonds. The summed E-state index contributed by atoms with van der Waals surface area (Å²) in [4.78, 5) is 0. The number of hydrogen-bond acceptors (Lipinski definition) is 6. The first-order valence-corrected chi connectivity index (χ1v) is 8.81. The highest BCUT2D eigenvalue weighted by Gasteiger charge is 2.12. The van der Waals surface area contributed by atoms with Crippen LogP contribution in [0.1, 0.15) is 11.3 Å². The van der Waals surface area contributed by atoms with Crippen molar-refractivity contribution in [2.75, 3.05) is 14.2 Å². The summed E-state index contributed by atoms with van der Waals surface area (Å²) in [5, 5.41) is 12.6. The standard InChI is InChI=1S/C21H20N4O3/c1-14-4-6-15(7-5-14)19-13-25(24-22-19)12-17-11-18(23-28-17)16-8-9-20(26-2)21(10-16)27-3/h4-11,13H,12H2,1-3H3. The minimum absolute atomic E-state index is 0.444. The van der Waals surface area contributed by atoms with Gasteiger partial charge in [0.2, 0.25) is 0 Å². The molecule has 0 aliphatic carbocycles. The minimum atomic E-state index is 0.444. The van der Waals surface area contributed by atoms with Crippen molar-refractivity contribution in [2.24, 2.45) is 0 Å². The Bertz CT molecular complexity index is 1080. The lowest BCUT2D eigenvalue weighted by Gasteiger charge is -2.07. The topological polar surface area (TPSA) is 75.2 Å². The van der Waals surface area contributed by atoms with E-state index in [0.717, 1.165) is 22.5 Å². The van der Waals surface area contributed by atoms with Gasteiger partial charge in [-0.05, 0) is 25.1 Å². The largest absolute Gasteiger partial charge is 0.493 e. The van der Waals surface area contributed by atoms with Crippen LogP contribution < -0.4 is 9.47 Å². The van der Waals surface area contributed by atoms with Gasteiger partial charge in [-0.15, -0.1) is 5.10 Å². The van der Waals surface area contributed by atoms with Crippen LogP contribution in [0.4, 0.5) is 0 Å². The van der Waals surface area contributed by atoms with Crippen LogP contribution in [0.25, 0.3) is 22.5 Å². The second kappa shape index (κ2) is 7.56. The summed E-state index contributed by atoms with van der Waals surface area (Å²) in [7, 11) is 3.21. The summed E-state index contributed by atoms with van der Waals surface area (Å²) in [6.45, 7) is 2.50. The Morgan fingerprint density at radius 3 is 2.39 bits per heavy atom. The predicted molar refractivity (Wildman–Crippen MR) is 104 cm³/mol. The van der Waals surface area contributed by atoms with Crippen LogP contribution in [-0.2, 0) is 6.54 Å². The molecule has 7 heteroatoms. The highest BCUT2D eigenvalue weighted by Crippen LogP contribution is 2.32. The van der Waals surface area contributed by atoms with Crippen LogP contribution in [0.2, 0.25) is 0 Å². The van der Waals surface area contributed by atoms with E-state index >= 15 is 0 Å².